The van der Waals surface area contributed by atoms with Gasteiger partial charge in [-0.1, -0.05) is 92.2 Å². The topological polar surface area (TPSA) is 67.2 Å². The van der Waals surface area contributed by atoms with E-state index < -0.39 is 0 Å². The van der Waals surface area contributed by atoms with Crippen molar-refractivity contribution in [3.05, 3.63) is 102 Å². The largest absolute Gasteiger partial charge is 0.329 e. The van der Waals surface area contributed by atoms with Crippen LogP contribution < -0.4 is 5.32 Å². The third-order valence-corrected chi connectivity index (χ3v) is 5.83. The van der Waals surface area contributed by atoms with E-state index in [1.165, 1.54) is 0 Å². The lowest BCUT2D eigenvalue weighted by Crippen LogP contribution is -2.38. The fraction of sp³-hybridized carbons (Fsp3) is 0.233. The van der Waals surface area contributed by atoms with Gasteiger partial charge in [0.15, 0.2) is 0 Å². The molecular weight excluding hydrogens is 448 g/mol. The van der Waals surface area contributed by atoms with Gasteiger partial charge >= 0.3 is 0 Å². The summed E-state index contributed by atoms with van der Waals surface area (Å²) < 4.78 is 1.87. The second kappa shape index (κ2) is 11.5. The molecule has 0 aliphatic rings. The number of benzene rings is 3. The van der Waals surface area contributed by atoms with Crippen molar-refractivity contribution >= 4 is 17.8 Å². The van der Waals surface area contributed by atoms with Crippen molar-refractivity contribution in [3.63, 3.8) is 0 Å². The molecule has 6 heteroatoms. The smallest absolute Gasteiger partial charge is 0.246 e. The normalized spacial score (nSPS) is 10.9. The molecule has 4 aromatic rings. The average molecular weight is 481 g/mol. The van der Waals surface area contributed by atoms with E-state index in [0.717, 1.165) is 28.1 Å². The minimum atomic E-state index is -0.290. The zero-order valence-electron chi connectivity index (χ0n) is 21.0. The number of carbonyl (C=O) groups is 2. The van der Waals surface area contributed by atoms with Gasteiger partial charge in [0.1, 0.15) is 6.54 Å². The number of imidazole rings is 1. The first-order valence-corrected chi connectivity index (χ1v) is 12.2. The van der Waals surface area contributed by atoms with Crippen LogP contribution in [0.15, 0.2) is 91.1 Å². The number of anilines is 1. The number of hydrogen-bond acceptors (Lipinski definition) is 3. The van der Waals surface area contributed by atoms with E-state index in [4.69, 9.17) is 4.98 Å². The number of hydrogen-bond donors (Lipinski definition) is 1. The Morgan fingerprint density at radius 3 is 2.19 bits per heavy atom. The van der Waals surface area contributed by atoms with Gasteiger partial charge in [-0.2, -0.15) is 0 Å². The van der Waals surface area contributed by atoms with Crippen molar-refractivity contribution in [2.45, 2.75) is 33.7 Å². The minimum absolute atomic E-state index is 0.0455. The predicted octanol–water partition coefficient (Wildman–Crippen LogP) is 5.86. The van der Waals surface area contributed by atoms with Crippen molar-refractivity contribution in [3.8, 4) is 16.9 Å². The van der Waals surface area contributed by atoms with Gasteiger partial charge in [-0.3, -0.25) is 19.5 Å². The monoisotopic (exact) mass is 480 g/mol. The first-order valence-electron chi connectivity index (χ1n) is 12.2. The molecule has 3 aromatic carbocycles. The standard InChI is InChI=1S/C30H32N4O2/c1-22(2)18-29(36)33(19-24-10-6-4-7-11-24)21-28(35)32-30-31-27(25-12-8-5-9-13-25)20-34(30)26-16-14-23(3)15-17-26/h4-17,20,22H,18-19,21H2,1-3H3,(H,31,32,35). The van der Waals surface area contributed by atoms with Gasteiger partial charge in [-0.05, 0) is 30.5 Å². The number of aromatic nitrogens is 2. The molecule has 1 N–H and O–H groups in total. The molecule has 0 unspecified atom stereocenters. The lowest BCUT2D eigenvalue weighted by Gasteiger charge is -2.23. The molecule has 0 saturated carbocycles. The number of rotatable bonds is 9. The molecule has 2 amide bonds. The summed E-state index contributed by atoms with van der Waals surface area (Å²) in [6.45, 7) is 6.36. The van der Waals surface area contributed by atoms with Crippen LogP contribution in [0.4, 0.5) is 5.95 Å². The van der Waals surface area contributed by atoms with E-state index in [2.05, 4.69) is 5.32 Å². The number of carbonyl (C=O) groups excluding carboxylic acids is 2. The Hall–Kier alpha value is -4.19. The van der Waals surface area contributed by atoms with Crippen LogP contribution >= 0.6 is 0 Å². The number of amides is 2. The fourth-order valence-corrected chi connectivity index (χ4v) is 3.97. The Kier molecular flexibility index (Phi) is 7.95. The van der Waals surface area contributed by atoms with Gasteiger partial charge in [-0.25, -0.2) is 4.98 Å². The number of aryl methyl sites for hydroxylation is 1. The Morgan fingerprint density at radius 1 is 0.917 bits per heavy atom. The summed E-state index contributed by atoms with van der Waals surface area (Å²) in [6.07, 6.45) is 2.30. The number of nitrogens with one attached hydrogen (secondary N) is 1. The third kappa shape index (κ3) is 6.48. The molecule has 184 valence electrons. The zero-order chi connectivity index (χ0) is 25.5. The maximum atomic E-state index is 13.2. The van der Waals surface area contributed by atoms with Gasteiger partial charge in [-0.15, -0.1) is 0 Å². The molecule has 4 rings (SSSR count). The zero-order valence-corrected chi connectivity index (χ0v) is 21.0. The van der Waals surface area contributed by atoms with Crippen molar-refractivity contribution in [1.82, 2.24) is 14.5 Å². The van der Waals surface area contributed by atoms with Crippen molar-refractivity contribution in [2.24, 2.45) is 5.92 Å². The average Bonchev–Trinajstić information content (AvgIpc) is 3.28. The lowest BCUT2D eigenvalue weighted by atomic mass is 10.1. The van der Waals surface area contributed by atoms with Gasteiger partial charge in [0.25, 0.3) is 0 Å². The molecule has 0 spiro atoms. The van der Waals surface area contributed by atoms with Gasteiger partial charge in [0.05, 0.1) is 5.69 Å². The lowest BCUT2D eigenvalue weighted by molar-refractivity contribution is -0.136. The molecule has 1 heterocycles. The van der Waals surface area contributed by atoms with Crippen LogP contribution in [0.3, 0.4) is 0 Å². The summed E-state index contributed by atoms with van der Waals surface area (Å²) in [4.78, 5) is 32.6. The first kappa shape index (κ1) is 24.9. The summed E-state index contributed by atoms with van der Waals surface area (Å²) in [5.41, 5.74) is 4.73. The van der Waals surface area contributed by atoms with E-state index in [1.807, 2.05) is 116 Å². The molecule has 36 heavy (non-hydrogen) atoms. The third-order valence-electron chi connectivity index (χ3n) is 5.83. The highest BCUT2D eigenvalue weighted by Crippen LogP contribution is 2.24. The van der Waals surface area contributed by atoms with Gasteiger partial charge in [0, 0.05) is 30.4 Å². The summed E-state index contributed by atoms with van der Waals surface area (Å²) in [7, 11) is 0. The van der Waals surface area contributed by atoms with Crippen molar-refractivity contribution in [2.75, 3.05) is 11.9 Å². The Labute approximate surface area is 212 Å². The summed E-state index contributed by atoms with van der Waals surface area (Å²) >= 11 is 0. The predicted molar refractivity (Wildman–Crippen MR) is 144 cm³/mol. The van der Waals surface area contributed by atoms with Crippen LogP contribution in [0.5, 0.6) is 0 Å². The molecule has 0 fully saturated rings. The molecule has 0 aliphatic heterocycles. The molecule has 0 bridgehead atoms. The maximum absolute atomic E-state index is 13.2. The SMILES string of the molecule is Cc1ccc(-n2cc(-c3ccccc3)nc2NC(=O)CN(Cc2ccccc2)C(=O)CC(C)C)cc1. The quantitative estimate of drug-likeness (QED) is 0.326. The first-order chi connectivity index (χ1) is 17.4. The van der Waals surface area contributed by atoms with Gasteiger partial charge in [0.2, 0.25) is 17.8 Å². The molecule has 0 saturated heterocycles. The van der Waals surface area contributed by atoms with Crippen LogP contribution in [0, 0.1) is 12.8 Å². The van der Waals surface area contributed by atoms with E-state index in [0.29, 0.717) is 18.9 Å². The molecule has 6 nitrogen and oxygen atoms in total. The van der Waals surface area contributed by atoms with Crippen LogP contribution in [-0.2, 0) is 16.1 Å². The number of nitrogens with zero attached hydrogens (tertiary/aromatic N) is 3. The van der Waals surface area contributed by atoms with Crippen molar-refractivity contribution in [1.29, 1.82) is 0 Å². The van der Waals surface area contributed by atoms with Crippen LogP contribution in [-0.4, -0.2) is 32.8 Å². The Bertz CT molecular complexity index is 1300. The Balaban J connectivity index is 1.59. The molecule has 0 aliphatic carbocycles. The van der Waals surface area contributed by atoms with Crippen LogP contribution in [0.25, 0.3) is 16.9 Å². The second-order valence-corrected chi connectivity index (χ2v) is 9.40. The van der Waals surface area contributed by atoms with Gasteiger partial charge < -0.3 is 4.90 Å². The summed E-state index contributed by atoms with van der Waals surface area (Å²) in [5.74, 6) is 0.281. The minimum Gasteiger partial charge on any atom is -0.329 e. The van der Waals surface area contributed by atoms with E-state index in [-0.39, 0.29) is 24.3 Å². The van der Waals surface area contributed by atoms with Crippen molar-refractivity contribution < 1.29 is 9.59 Å². The summed E-state index contributed by atoms with van der Waals surface area (Å²) in [5, 5.41) is 2.96. The maximum Gasteiger partial charge on any atom is 0.246 e. The molecule has 0 atom stereocenters. The van der Waals surface area contributed by atoms with E-state index >= 15 is 0 Å². The van der Waals surface area contributed by atoms with E-state index in [1.54, 1.807) is 4.90 Å². The highest BCUT2D eigenvalue weighted by atomic mass is 16.2. The summed E-state index contributed by atoms with van der Waals surface area (Å²) in [6, 6.07) is 27.6. The Morgan fingerprint density at radius 2 is 1.56 bits per heavy atom. The highest BCUT2D eigenvalue weighted by Gasteiger charge is 2.21. The molecular formula is C30H32N4O2. The van der Waals surface area contributed by atoms with Crippen LogP contribution in [0.2, 0.25) is 0 Å². The highest BCUT2D eigenvalue weighted by molar-refractivity contribution is 5.94. The molecule has 0 radical (unpaired) electrons. The van der Waals surface area contributed by atoms with E-state index in [9.17, 15) is 9.59 Å². The fourth-order valence-electron chi connectivity index (χ4n) is 3.97. The second-order valence-electron chi connectivity index (χ2n) is 9.40. The van der Waals surface area contributed by atoms with Crippen LogP contribution in [0.1, 0.15) is 31.4 Å². The molecule has 1 aromatic heterocycles.